The lowest BCUT2D eigenvalue weighted by Gasteiger charge is -2.10. The fraction of sp³-hybridized carbons (Fsp3) is 0.0526. The lowest BCUT2D eigenvalue weighted by molar-refractivity contribution is 0.102. The standard InChI is InChI=1S/C19H15F2N3O4S/c1-22-29(27,28)15-6-4-14(5-7-15)24-11-12(2-9-18(24)25)19(26)23-13-3-8-16(20)17(21)10-13/h2-11,22H,1H3,(H,23,26). The largest absolute Gasteiger partial charge is 0.322 e. The van der Waals surface area contributed by atoms with Crippen LogP contribution in [-0.4, -0.2) is 25.9 Å². The van der Waals surface area contributed by atoms with Crippen molar-refractivity contribution in [3.63, 3.8) is 0 Å². The van der Waals surface area contributed by atoms with Crippen LogP contribution in [0.15, 0.2) is 70.5 Å². The molecule has 2 aromatic carbocycles. The number of carbonyl (C=O) groups is 1. The van der Waals surface area contributed by atoms with E-state index in [1.807, 2.05) is 0 Å². The molecule has 2 N–H and O–H groups in total. The van der Waals surface area contributed by atoms with Crippen LogP contribution < -0.4 is 15.6 Å². The molecule has 0 aliphatic heterocycles. The lowest BCUT2D eigenvalue weighted by Crippen LogP contribution is -2.21. The molecule has 0 radical (unpaired) electrons. The Morgan fingerprint density at radius 3 is 2.28 bits per heavy atom. The minimum absolute atomic E-state index is 0.0176. The quantitative estimate of drug-likeness (QED) is 0.663. The van der Waals surface area contributed by atoms with Gasteiger partial charge in [0, 0.05) is 29.7 Å². The van der Waals surface area contributed by atoms with Crippen molar-refractivity contribution in [1.29, 1.82) is 0 Å². The fourth-order valence-electron chi connectivity index (χ4n) is 2.50. The van der Waals surface area contributed by atoms with Crippen LogP contribution in [0, 0.1) is 11.6 Å². The third kappa shape index (κ3) is 4.39. The zero-order valence-electron chi connectivity index (χ0n) is 15.0. The van der Waals surface area contributed by atoms with Crippen molar-refractivity contribution in [3.05, 3.63) is 88.3 Å². The first kappa shape index (κ1) is 20.4. The van der Waals surface area contributed by atoms with E-state index in [9.17, 15) is 26.8 Å². The summed E-state index contributed by atoms with van der Waals surface area (Å²) < 4.78 is 53.2. The van der Waals surface area contributed by atoms with Crippen molar-refractivity contribution in [2.24, 2.45) is 0 Å². The molecule has 0 saturated carbocycles. The molecule has 0 spiro atoms. The van der Waals surface area contributed by atoms with Gasteiger partial charge < -0.3 is 5.32 Å². The highest BCUT2D eigenvalue weighted by atomic mass is 32.2. The first-order valence-electron chi connectivity index (χ1n) is 8.24. The van der Waals surface area contributed by atoms with Gasteiger partial charge in [-0.15, -0.1) is 0 Å². The van der Waals surface area contributed by atoms with Gasteiger partial charge in [0.05, 0.1) is 10.5 Å². The van der Waals surface area contributed by atoms with Crippen molar-refractivity contribution < 1.29 is 22.0 Å². The zero-order valence-corrected chi connectivity index (χ0v) is 15.8. The maximum absolute atomic E-state index is 13.3. The highest BCUT2D eigenvalue weighted by molar-refractivity contribution is 7.89. The van der Waals surface area contributed by atoms with Gasteiger partial charge in [-0.05, 0) is 49.5 Å². The van der Waals surface area contributed by atoms with E-state index in [0.717, 1.165) is 16.7 Å². The van der Waals surface area contributed by atoms with Gasteiger partial charge in [-0.2, -0.15) is 0 Å². The average molecular weight is 419 g/mol. The second kappa shape index (κ2) is 7.94. The van der Waals surface area contributed by atoms with Crippen molar-refractivity contribution >= 4 is 21.6 Å². The minimum Gasteiger partial charge on any atom is -0.322 e. The molecule has 150 valence electrons. The molecule has 3 aromatic rings. The highest BCUT2D eigenvalue weighted by Crippen LogP contribution is 2.16. The number of halogens is 2. The van der Waals surface area contributed by atoms with Crippen LogP contribution in [0.1, 0.15) is 10.4 Å². The number of carbonyl (C=O) groups excluding carboxylic acids is 1. The van der Waals surface area contributed by atoms with Crippen molar-refractivity contribution in [2.75, 3.05) is 12.4 Å². The number of pyridine rings is 1. The number of aromatic nitrogens is 1. The van der Waals surface area contributed by atoms with E-state index in [2.05, 4.69) is 10.0 Å². The molecule has 1 heterocycles. The molecular weight excluding hydrogens is 404 g/mol. The van der Waals surface area contributed by atoms with Crippen molar-refractivity contribution in [2.45, 2.75) is 4.90 Å². The van der Waals surface area contributed by atoms with Gasteiger partial charge in [0.25, 0.3) is 11.5 Å². The summed E-state index contributed by atoms with van der Waals surface area (Å²) in [6.45, 7) is 0. The molecule has 0 atom stereocenters. The lowest BCUT2D eigenvalue weighted by atomic mass is 10.2. The second-order valence-corrected chi connectivity index (χ2v) is 7.80. The number of benzene rings is 2. The summed E-state index contributed by atoms with van der Waals surface area (Å²) in [5.41, 5.74) is 0.0284. The molecule has 3 rings (SSSR count). The molecule has 0 fully saturated rings. The van der Waals surface area contributed by atoms with E-state index in [0.29, 0.717) is 5.69 Å². The van der Waals surface area contributed by atoms with Crippen LogP contribution in [-0.2, 0) is 10.0 Å². The molecule has 1 aromatic heterocycles. The highest BCUT2D eigenvalue weighted by Gasteiger charge is 2.13. The summed E-state index contributed by atoms with van der Waals surface area (Å²) in [7, 11) is -2.35. The molecule has 1 amide bonds. The second-order valence-electron chi connectivity index (χ2n) is 5.91. The molecule has 0 aliphatic rings. The Labute approximate surface area is 164 Å². The topological polar surface area (TPSA) is 97.3 Å². The normalized spacial score (nSPS) is 11.3. The Kier molecular flexibility index (Phi) is 5.57. The summed E-state index contributed by atoms with van der Waals surface area (Å²) in [5.74, 6) is -2.79. The smallest absolute Gasteiger partial charge is 0.257 e. The summed E-state index contributed by atoms with van der Waals surface area (Å²) in [6.07, 6.45) is 1.26. The van der Waals surface area contributed by atoms with Crippen LogP contribution in [0.3, 0.4) is 0 Å². The third-order valence-corrected chi connectivity index (χ3v) is 5.47. The van der Waals surface area contributed by atoms with Gasteiger partial charge in [-0.3, -0.25) is 14.2 Å². The predicted molar refractivity (Wildman–Crippen MR) is 103 cm³/mol. The Bertz CT molecular complexity index is 1240. The average Bonchev–Trinajstić information content (AvgIpc) is 2.71. The van der Waals surface area contributed by atoms with Gasteiger partial charge in [0.1, 0.15) is 0 Å². The van der Waals surface area contributed by atoms with E-state index in [4.69, 9.17) is 0 Å². The molecular formula is C19H15F2N3O4S. The number of nitrogens with zero attached hydrogens (tertiary/aromatic N) is 1. The van der Waals surface area contributed by atoms with E-state index >= 15 is 0 Å². The van der Waals surface area contributed by atoms with Gasteiger partial charge in [-0.1, -0.05) is 0 Å². The first-order valence-corrected chi connectivity index (χ1v) is 9.73. The molecule has 7 nitrogen and oxygen atoms in total. The number of amides is 1. The molecule has 29 heavy (non-hydrogen) atoms. The fourth-order valence-corrected chi connectivity index (χ4v) is 3.23. The minimum atomic E-state index is -3.63. The summed E-state index contributed by atoms with van der Waals surface area (Å²) in [6, 6.07) is 10.9. The van der Waals surface area contributed by atoms with E-state index < -0.39 is 33.1 Å². The molecule has 0 aliphatic carbocycles. The third-order valence-electron chi connectivity index (χ3n) is 4.04. The SMILES string of the molecule is CNS(=O)(=O)c1ccc(-n2cc(C(=O)Nc3ccc(F)c(F)c3)ccc2=O)cc1. The van der Waals surface area contributed by atoms with Crippen LogP contribution in [0.2, 0.25) is 0 Å². The monoisotopic (exact) mass is 419 g/mol. The Morgan fingerprint density at radius 2 is 1.66 bits per heavy atom. The molecule has 10 heteroatoms. The van der Waals surface area contributed by atoms with Crippen LogP contribution in [0.5, 0.6) is 0 Å². The number of sulfonamides is 1. The van der Waals surface area contributed by atoms with E-state index in [1.165, 1.54) is 55.7 Å². The van der Waals surface area contributed by atoms with Crippen molar-refractivity contribution in [3.8, 4) is 5.69 Å². The van der Waals surface area contributed by atoms with Crippen LogP contribution >= 0.6 is 0 Å². The van der Waals surface area contributed by atoms with Crippen molar-refractivity contribution in [1.82, 2.24) is 9.29 Å². The summed E-state index contributed by atoms with van der Waals surface area (Å²) in [5, 5.41) is 2.41. The molecule has 0 unspecified atom stereocenters. The number of rotatable bonds is 5. The summed E-state index contributed by atoms with van der Waals surface area (Å²) >= 11 is 0. The van der Waals surface area contributed by atoms with E-state index in [-0.39, 0.29) is 16.1 Å². The van der Waals surface area contributed by atoms with Crippen LogP contribution in [0.4, 0.5) is 14.5 Å². The molecule has 0 bridgehead atoms. The summed E-state index contributed by atoms with van der Waals surface area (Å²) in [4.78, 5) is 24.6. The van der Waals surface area contributed by atoms with Gasteiger partial charge >= 0.3 is 0 Å². The molecule has 0 saturated heterocycles. The van der Waals surface area contributed by atoms with Crippen LogP contribution in [0.25, 0.3) is 5.69 Å². The maximum Gasteiger partial charge on any atom is 0.257 e. The number of hydrogen-bond acceptors (Lipinski definition) is 4. The Hall–Kier alpha value is -3.37. The van der Waals surface area contributed by atoms with Gasteiger partial charge in [0.2, 0.25) is 10.0 Å². The first-order chi connectivity index (χ1) is 13.7. The van der Waals surface area contributed by atoms with Gasteiger partial charge in [0.15, 0.2) is 11.6 Å². The number of anilines is 1. The van der Waals surface area contributed by atoms with Gasteiger partial charge in [-0.25, -0.2) is 21.9 Å². The maximum atomic E-state index is 13.3. The Morgan fingerprint density at radius 1 is 0.966 bits per heavy atom. The zero-order chi connectivity index (χ0) is 21.2. The Balaban J connectivity index is 1.90. The number of hydrogen-bond donors (Lipinski definition) is 2. The van der Waals surface area contributed by atoms with E-state index in [1.54, 1.807) is 0 Å². The predicted octanol–water partition coefficient (Wildman–Crippen LogP) is 2.28. The number of nitrogens with one attached hydrogen (secondary N) is 2.